The van der Waals surface area contributed by atoms with Crippen molar-refractivity contribution < 1.29 is 4.79 Å². The first kappa shape index (κ1) is 11.7. The van der Waals surface area contributed by atoms with E-state index in [2.05, 4.69) is 5.32 Å². The van der Waals surface area contributed by atoms with Crippen molar-refractivity contribution in [1.82, 2.24) is 5.32 Å². The van der Waals surface area contributed by atoms with Crippen LogP contribution in [0.4, 0.5) is 0 Å². The van der Waals surface area contributed by atoms with E-state index >= 15 is 0 Å². The maximum atomic E-state index is 11.1. The van der Waals surface area contributed by atoms with Crippen LogP contribution >= 0.6 is 0 Å². The van der Waals surface area contributed by atoms with Gasteiger partial charge in [0, 0.05) is 11.5 Å². The van der Waals surface area contributed by atoms with Gasteiger partial charge in [-0.1, -0.05) is 12.8 Å². The van der Waals surface area contributed by atoms with Crippen LogP contribution in [0.3, 0.4) is 0 Å². The van der Waals surface area contributed by atoms with Crippen LogP contribution < -0.4 is 5.32 Å². The number of carbonyl (C=O) groups is 1. The maximum Gasteiger partial charge on any atom is 0.123 e. The van der Waals surface area contributed by atoms with Crippen LogP contribution in [0.15, 0.2) is 0 Å². The summed E-state index contributed by atoms with van der Waals surface area (Å²) in [6, 6.07) is 0. The zero-order chi connectivity index (χ0) is 11.8. The van der Waals surface area contributed by atoms with Crippen molar-refractivity contribution in [3.8, 4) is 0 Å². The van der Waals surface area contributed by atoms with E-state index in [4.69, 9.17) is 0 Å². The summed E-state index contributed by atoms with van der Waals surface area (Å²) in [5.74, 6) is 0.361. The number of hydrogen-bond acceptors (Lipinski definition) is 2. The van der Waals surface area contributed by atoms with E-state index in [0.717, 1.165) is 6.42 Å². The molecule has 2 nitrogen and oxygen atoms in total. The van der Waals surface area contributed by atoms with Crippen molar-refractivity contribution in [1.29, 1.82) is 0 Å². The monoisotopic (exact) mass is 235 g/mol. The van der Waals surface area contributed by atoms with Gasteiger partial charge in [-0.25, -0.2) is 0 Å². The summed E-state index contributed by atoms with van der Waals surface area (Å²) in [6.07, 6.45) is 14.4. The van der Waals surface area contributed by atoms with Crippen molar-refractivity contribution in [3.63, 3.8) is 0 Å². The molecular formula is C15H25NO. The highest BCUT2D eigenvalue weighted by Gasteiger charge is 2.47. The zero-order valence-corrected chi connectivity index (χ0v) is 10.8. The van der Waals surface area contributed by atoms with Gasteiger partial charge in [0.2, 0.25) is 0 Å². The minimum atomic E-state index is 0.361. The third-order valence-electron chi connectivity index (χ3n) is 5.58. The van der Waals surface area contributed by atoms with E-state index in [9.17, 15) is 4.79 Å². The average Bonchev–Trinajstić information content (AvgIpc) is 2.77. The van der Waals surface area contributed by atoms with Gasteiger partial charge in [-0.05, 0) is 63.3 Å². The van der Waals surface area contributed by atoms with E-state index in [-0.39, 0.29) is 0 Å². The Hall–Kier alpha value is -0.370. The van der Waals surface area contributed by atoms with Crippen LogP contribution in [0.25, 0.3) is 0 Å². The first-order valence-corrected chi connectivity index (χ1v) is 7.46. The predicted molar refractivity (Wildman–Crippen MR) is 68.9 cm³/mol. The molecule has 17 heavy (non-hydrogen) atoms. The molecule has 0 aromatic heterocycles. The van der Waals surface area contributed by atoms with Crippen LogP contribution in [-0.2, 0) is 4.79 Å². The second-order valence-corrected chi connectivity index (χ2v) is 6.83. The third kappa shape index (κ3) is 2.16. The molecule has 2 heteroatoms. The van der Waals surface area contributed by atoms with E-state index in [1.807, 2.05) is 0 Å². The predicted octanol–water partition coefficient (Wildman–Crippen LogP) is 3.06. The molecule has 0 aromatic carbocycles. The van der Waals surface area contributed by atoms with Crippen molar-refractivity contribution >= 4 is 6.29 Å². The average molecular weight is 235 g/mol. The lowest BCUT2D eigenvalue weighted by Gasteiger charge is -2.50. The molecule has 1 N–H and O–H groups in total. The SMILES string of the molecule is O=CC1CCCC2(CCCC3(CCCN3)C2)C1. The molecule has 3 aliphatic rings. The Morgan fingerprint density at radius 1 is 1.06 bits per heavy atom. The Morgan fingerprint density at radius 2 is 1.88 bits per heavy atom. The minimum absolute atomic E-state index is 0.361. The van der Waals surface area contributed by atoms with Gasteiger partial charge in [-0.2, -0.15) is 0 Å². The third-order valence-corrected chi connectivity index (χ3v) is 5.58. The second-order valence-electron chi connectivity index (χ2n) is 6.83. The van der Waals surface area contributed by atoms with Gasteiger partial charge < -0.3 is 10.1 Å². The Balaban J connectivity index is 1.75. The highest BCUT2D eigenvalue weighted by molar-refractivity contribution is 5.53. The summed E-state index contributed by atoms with van der Waals surface area (Å²) < 4.78 is 0. The van der Waals surface area contributed by atoms with E-state index in [1.165, 1.54) is 70.6 Å². The molecule has 2 aliphatic carbocycles. The van der Waals surface area contributed by atoms with Crippen molar-refractivity contribution in [2.24, 2.45) is 11.3 Å². The molecule has 96 valence electrons. The highest BCUT2D eigenvalue weighted by Crippen LogP contribution is 2.53. The second kappa shape index (κ2) is 4.38. The molecule has 1 aliphatic heterocycles. The fraction of sp³-hybridized carbons (Fsp3) is 0.933. The molecule has 3 fully saturated rings. The van der Waals surface area contributed by atoms with E-state index < -0.39 is 0 Å². The molecular weight excluding hydrogens is 210 g/mol. The highest BCUT2D eigenvalue weighted by atomic mass is 16.1. The number of rotatable bonds is 1. The Morgan fingerprint density at radius 3 is 2.65 bits per heavy atom. The standard InChI is InChI=1S/C15H25NO/c17-11-13-4-1-5-14(10-13)6-2-7-15(12-14)8-3-9-16-15/h11,13,16H,1-10,12H2. The van der Waals surface area contributed by atoms with Crippen molar-refractivity contribution in [2.45, 2.75) is 69.7 Å². The molecule has 1 saturated heterocycles. The summed E-state index contributed by atoms with van der Waals surface area (Å²) in [4.78, 5) is 11.1. The van der Waals surface area contributed by atoms with Gasteiger partial charge in [0.25, 0.3) is 0 Å². The number of carbonyl (C=O) groups excluding carboxylic acids is 1. The Labute approximate surface area is 105 Å². The quantitative estimate of drug-likeness (QED) is 0.708. The normalized spacial score (nSPS) is 46.5. The summed E-state index contributed by atoms with van der Waals surface area (Å²) >= 11 is 0. The van der Waals surface area contributed by atoms with E-state index in [1.54, 1.807) is 0 Å². The molecule has 0 amide bonds. The molecule has 1 heterocycles. The zero-order valence-electron chi connectivity index (χ0n) is 10.8. The lowest BCUT2D eigenvalue weighted by Crippen LogP contribution is -2.49. The smallest absolute Gasteiger partial charge is 0.123 e. The lowest BCUT2D eigenvalue weighted by atomic mass is 9.58. The Bertz CT molecular complexity index is 291. The van der Waals surface area contributed by atoms with Gasteiger partial charge in [0.1, 0.15) is 6.29 Å². The Kier molecular flexibility index (Phi) is 3.02. The molecule has 0 bridgehead atoms. The molecule has 0 radical (unpaired) electrons. The fourth-order valence-electron chi connectivity index (χ4n) is 4.93. The molecule has 0 aromatic rings. The fourth-order valence-corrected chi connectivity index (χ4v) is 4.93. The lowest BCUT2D eigenvalue weighted by molar-refractivity contribution is -0.114. The number of hydrogen-bond donors (Lipinski definition) is 1. The summed E-state index contributed by atoms with van der Waals surface area (Å²) in [6.45, 7) is 1.22. The van der Waals surface area contributed by atoms with Crippen molar-refractivity contribution in [2.75, 3.05) is 6.54 Å². The first-order chi connectivity index (χ1) is 8.26. The van der Waals surface area contributed by atoms with Gasteiger partial charge >= 0.3 is 0 Å². The van der Waals surface area contributed by atoms with Crippen LogP contribution in [-0.4, -0.2) is 18.4 Å². The number of nitrogens with one attached hydrogen (secondary N) is 1. The van der Waals surface area contributed by atoms with Gasteiger partial charge in [0.05, 0.1) is 0 Å². The van der Waals surface area contributed by atoms with Gasteiger partial charge in [-0.3, -0.25) is 0 Å². The molecule has 3 rings (SSSR count). The van der Waals surface area contributed by atoms with E-state index in [0.29, 0.717) is 16.9 Å². The first-order valence-electron chi connectivity index (χ1n) is 7.46. The largest absolute Gasteiger partial charge is 0.311 e. The van der Waals surface area contributed by atoms with Crippen molar-refractivity contribution in [3.05, 3.63) is 0 Å². The topological polar surface area (TPSA) is 29.1 Å². The summed E-state index contributed by atoms with van der Waals surface area (Å²) in [5.41, 5.74) is 0.975. The van der Waals surface area contributed by atoms with Gasteiger partial charge in [-0.15, -0.1) is 0 Å². The summed E-state index contributed by atoms with van der Waals surface area (Å²) in [5, 5.41) is 3.79. The minimum Gasteiger partial charge on any atom is -0.311 e. The van der Waals surface area contributed by atoms with Crippen LogP contribution in [0.1, 0.15) is 64.2 Å². The molecule has 2 saturated carbocycles. The van der Waals surface area contributed by atoms with Crippen LogP contribution in [0.2, 0.25) is 0 Å². The maximum absolute atomic E-state index is 11.1. The molecule has 2 spiro atoms. The number of aldehydes is 1. The molecule has 3 atom stereocenters. The van der Waals surface area contributed by atoms with Crippen LogP contribution in [0.5, 0.6) is 0 Å². The molecule has 3 unspecified atom stereocenters. The van der Waals surface area contributed by atoms with Crippen LogP contribution in [0, 0.1) is 11.3 Å². The van der Waals surface area contributed by atoms with Gasteiger partial charge in [0.15, 0.2) is 0 Å². The summed E-state index contributed by atoms with van der Waals surface area (Å²) in [7, 11) is 0.